The molecule has 0 aromatic heterocycles. The van der Waals surface area contributed by atoms with Gasteiger partial charge in [0.1, 0.15) is 5.82 Å². The molecule has 1 fully saturated rings. The van der Waals surface area contributed by atoms with E-state index in [2.05, 4.69) is 39.0 Å². The van der Waals surface area contributed by atoms with E-state index < -0.39 is 23.1 Å². The number of nitriles is 1. The summed E-state index contributed by atoms with van der Waals surface area (Å²) in [6.07, 6.45) is 1.14. The predicted octanol–water partition coefficient (Wildman–Crippen LogP) is 4.95. The topological polar surface area (TPSA) is 64.3 Å². The summed E-state index contributed by atoms with van der Waals surface area (Å²) in [5.41, 5.74) is 1.20. The standard InChI is InChI=1S/C22H22BrFN2O2/c23-20-12-17(24)6-7-18(20)19(14-25)22(13-21(27)28)8-10-26(11-9-22)15-16-4-2-1-3-5-16/h1-7,12,19H,8-11,13,15H2,(H,27,28). The van der Waals surface area contributed by atoms with Crippen LogP contribution in [0.15, 0.2) is 53.0 Å². The minimum Gasteiger partial charge on any atom is -0.481 e. The van der Waals surface area contributed by atoms with Crippen LogP contribution in [0.3, 0.4) is 0 Å². The Bertz CT molecular complexity index is 874. The zero-order valence-corrected chi connectivity index (χ0v) is 17.0. The van der Waals surface area contributed by atoms with Crippen LogP contribution in [0.25, 0.3) is 0 Å². The first-order chi connectivity index (χ1) is 13.4. The molecular weight excluding hydrogens is 423 g/mol. The molecule has 28 heavy (non-hydrogen) atoms. The third-order valence-electron chi connectivity index (χ3n) is 5.62. The molecular formula is C22H22BrFN2O2. The summed E-state index contributed by atoms with van der Waals surface area (Å²) < 4.78 is 14.0. The zero-order valence-electron chi connectivity index (χ0n) is 15.4. The highest BCUT2D eigenvalue weighted by molar-refractivity contribution is 9.10. The number of rotatable bonds is 6. The lowest BCUT2D eigenvalue weighted by Gasteiger charge is -2.44. The highest BCUT2D eigenvalue weighted by atomic mass is 79.9. The molecule has 0 bridgehead atoms. The van der Waals surface area contributed by atoms with Crippen LogP contribution in [-0.4, -0.2) is 29.1 Å². The van der Waals surface area contributed by atoms with Gasteiger partial charge in [-0.25, -0.2) is 4.39 Å². The quantitative estimate of drug-likeness (QED) is 0.683. The maximum atomic E-state index is 13.5. The Morgan fingerprint density at radius 2 is 1.93 bits per heavy atom. The molecule has 2 aromatic carbocycles. The van der Waals surface area contributed by atoms with Gasteiger partial charge in [-0.1, -0.05) is 52.3 Å². The van der Waals surface area contributed by atoms with Gasteiger partial charge in [-0.05, 0) is 49.2 Å². The number of hydrogen-bond acceptors (Lipinski definition) is 3. The van der Waals surface area contributed by atoms with Crippen molar-refractivity contribution in [3.05, 3.63) is 69.9 Å². The Hall–Kier alpha value is -2.23. The maximum absolute atomic E-state index is 13.5. The zero-order chi connectivity index (χ0) is 20.1. The fraction of sp³-hybridized carbons (Fsp3) is 0.364. The monoisotopic (exact) mass is 444 g/mol. The van der Waals surface area contributed by atoms with Crippen LogP contribution in [0.1, 0.15) is 36.3 Å². The van der Waals surface area contributed by atoms with Crippen LogP contribution in [-0.2, 0) is 11.3 Å². The van der Waals surface area contributed by atoms with Crippen molar-refractivity contribution in [2.24, 2.45) is 5.41 Å². The third kappa shape index (κ3) is 4.60. The molecule has 2 aromatic rings. The molecule has 0 radical (unpaired) electrons. The molecule has 1 aliphatic rings. The number of benzene rings is 2. The van der Waals surface area contributed by atoms with Crippen molar-refractivity contribution in [1.82, 2.24) is 4.90 Å². The molecule has 1 atom stereocenters. The summed E-state index contributed by atoms with van der Waals surface area (Å²) >= 11 is 3.35. The van der Waals surface area contributed by atoms with E-state index in [0.717, 1.165) is 19.6 Å². The number of carboxylic acids is 1. The largest absolute Gasteiger partial charge is 0.481 e. The molecule has 1 N–H and O–H groups in total. The average molecular weight is 445 g/mol. The van der Waals surface area contributed by atoms with Gasteiger partial charge in [0.15, 0.2) is 0 Å². The molecule has 1 unspecified atom stereocenters. The third-order valence-corrected chi connectivity index (χ3v) is 6.31. The smallest absolute Gasteiger partial charge is 0.303 e. The van der Waals surface area contributed by atoms with Gasteiger partial charge in [0, 0.05) is 16.4 Å². The Kier molecular flexibility index (Phi) is 6.48. The Labute approximate surface area is 172 Å². The second-order valence-corrected chi connectivity index (χ2v) is 8.28. The van der Waals surface area contributed by atoms with Crippen molar-refractivity contribution in [2.75, 3.05) is 13.1 Å². The highest BCUT2D eigenvalue weighted by Crippen LogP contribution is 2.48. The first-order valence-corrected chi connectivity index (χ1v) is 10.1. The SMILES string of the molecule is N#CC(c1ccc(F)cc1Br)C1(CC(=O)O)CCN(Cc2ccccc2)CC1. The molecule has 0 aliphatic carbocycles. The average Bonchev–Trinajstić information content (AvgIpc) is 2.66. The molecule has 146 valence electrons. The summed E-state index contributed by atoms with van der Waals surface area (Å²) in [4.78, 5) is 13.9. The minimum absolute atomic E-state index is 0.0752. The van der Waals surface area contributed by atoms with Crippen LogP contribution in [0.4, 0.5) is 4.39 Å². The summed E-state index contributed by atoms with van der Waals surface area (Å²) in [6, 6.07) is 16.7. The van der Waals surface area contributed by atoms with Crippen LogP contribution >= 0.6 is 15.9 Å². The second-order valence-electron chi connectivity index (χ2n) is 7.42. The van der Waals surface area contributed by atoms with Gasteiger partial charge >= 0.3 is 5.97 Å². The van der Waals surface area contributed by atoms with E-state index in [0.29, 0.717) is 22.9 Å². The summed E-state index contributed by atoms with van der Waals surface area (Å²) in [5.74, 6) is -1.91. The van der Waals surface area contributed by atoms with Gasteiger partial charge in [0.25, 0.3) is 0 Å². The summed E-state index contributed by atoms with van der Waals surface area (Å²) in [7, 11) is 0. The lowest BCUT2D eigenvalue weighted by atomic mass is 9.64. The maximum Gasteiger partial charge on any atom is 0.303 e. The van der Waals surface area contributed by atoms with Crippen LogP contribution < -0.4 is 0 Å². The van der Waals surface area contributed by atoms with Crippen molar-refractivity contribution in [3.8, 4) is 6.07 Å². The van der Waals surface area contributed by atoms with Gasteiger partial charge in [-0.3, -0.25) is 9.69 Å². The fourth-order valence-corrected chi connectivity index (χ4v) is 4.72. The van der Waals surface area contributed by atoms with Crippen molar-refractivity contribution in [1.29, 1.82) is 5.26 Å². The van der Waals surface area contributed by atoms with E-state index in [1.54, 1.807) is 6.07 Å². The van der Waals surface area contributed by atoms with Gasteiger partial charge in [-0.15, -0.1) is 0 Å². The molecule has 0 amide bonds. The highest BCUT2D eigenvalue weighted by Gasteiger charge is 2.44. The first kappa shape index (κ1) is 20.5. The Morgan fingerprint density at radius 3 is 2.50 bits per heavy atom. The lowest BCUT2D eigenvalue weighted by molar-refractivity contribution is -0.141. The van der Waals surface area contributed by atoms with Crippen molar-refractivity contribution < 1.29 is 14.3 Å². The normalized spacial score (nSPS) is 17.6. The molecule has 0 saturated carbocycles. The van der Waals surface area contributed by atoms with Crippen molar-refractivity contribution in [2.45, 2.75) is 31.7 Å². The number of likely N-dealkylation sites (tertiary alicyclic amines) is 1. The van der Waals surface area contributed by atoms with Crippen LogP contribution in [0.2, 0.25) is 0 Å². The van der Waals surface area contributed by atoms with Crippen molar-refractivity contribution in [3.63, 3.8) is 0 Å². The summed E-state index contributed by atoms with van der Waals surface area (Å²) in [6.45, 7) is 2.25. The Balaban J connectivity index is 1.83. The van der Waals surface area contributed by atoms with Gasteiger partial charge in [0.2, 0.25) is 0 Å². The number of carboxylic acid groups (broad SMARTS) is 1. The van der Waals surface area contributed by atoms with Gasteiger partial charge in [-0.2, -0.15) is 5.26 Å². The summed E-state index contributed by atoms with van der Waals surface area (Å²) in [5, 5.41) is 19.5. The van der Waals surface area contributed by atoms with E-state index in [-0.39, 0.29) is 6.42 Å². The molecule has 6 heteroatoms. The first-order valence-electron chi connectivity index (χ1n) is 9.26. The number of nitrogens with zero attached hydrogens (tertiary/aromatic N) is 2. The molecule has 1 saturated heterocycles. The van der Waals surface area contributed by atoms with E-state index in [1.165, 1.54) is 17.7 Å². The number of halogens is 2. The van der Waals surface area contributed by atoms with Gasteiger partial charge in [0.05, 0.1) is 18.4 Å². The molecule has 1 heterocycles. The van der Waals surface area contributed by atoms with E-state index in [9.17, 15) is 19.6 Å². The van der Waals surface area contributed by atoms with Crippen LogP contribution in [0, 0.1) is 22.6 Å². The Morgan fingerprint density at radius 1 is 1.25 bits per heavy atom. The molecule has 4 nitrogen and oxygen atoms in total. The van der Waals surface area contributed by atoms with Crippen molar-refractivity contribution >= 4 is 21.9 Å². The predicted molar refractivity (Wildman–Crippen MR) is 108 cm³/mol. The number of hydrogen-bond donors (Lipinski definition) is 1. The van der Waals surface area contributed by atoms with E-state index >= 15 is 0 Å². The van der Waals surface area contributed by atoms with E-state index in [4.69, 9.17) is 0 Å². The number of aliphatic carboxylic acids is 1. The fourth-order valence-electron chi connectivity index (χ4n) is 4.14. The number of carbonyl (C=O) groups is 1. The van der Waals surface area contributed by atoms with E-state index in [1.807, 2.05) is 18.2 Å². The lowest BCUT2D eigenvalue weighted by Crippen LogP contribution is -2.44. The molecule has 0 spiro atoms. The second kappa shape index (κ2) is 8.85. The minimum atomic E-state index is -0.907. The molecule has 1 aliphatic heterocycles. The van der Waals surface area contributed by atoms with Gasteiger partial charge < -0.3 is 5.11 Å². The van der Waals surface area contributed by atoms with Crippen LogP contribution in [0.5, 0.6) is 0 Å². The molecule has 3 rings (SSSR count). The number of piperidine rings is 1.